The largest absolute Gasteiger partial charge is 0.370 e. The van der Waals surface area contributed by atoms with Gasteiger partial charge < -0.3 is 20.7 Å². The van der Waals surface area contributed by atoms with Gasteiger partial charge in [-0.05, 0) is 36.0 Å². The molecule has 3 N–H and O–H groups in total. The number of ether oxygens (including phenoxy) is 1. The first-order chi connectivity index (χ1) is 14.1. The van der Waals surface area contributed by atoms with Crippen molar-refractivity contribution in [2.24, 2.45) is 5.73 Å². The molecule has 0 saturated carbocycles. The third kappa shape index (κ3) is 4.12. The van der Waals surface area contributed by atoms with E-state index >= 15 is 0 Å². The summed E-state index contributed by atoms with van der Waals surface area (Å²) in [6.07, 6.45) is 2.86. The van der Waals surface area contributed by atoms with Crippen LogP contribution in [0, 0.1) is 0 Å². The lowest BCUT2D eigenvalue weighted by molar-refractivity contribution is -0.142. The van der Waals surface area contributed by atoms with E-state index in [1.54, 1.807) is 0 Å². The number of nitrogens with one attached hydrogen (secondary N) is 1. The number of urea groups is 1. The second kappa shape index (κ2) is 8.25. The van der Waals surface area contributed by atoms with Gasteiger partial charge in [0.1, 0.15) is 6.04 Å². The summed E-state index contributed by atoms with van der Waals surface area (Å²) in [4.78, 5) is 26.5. The van der Waals surface area contributed by atoms with Gasteiger partial charge >= 0.3 is 6.03 Å². The van der Waals surface area contributed by atoms with Crippen LogP contribution in [0.1, 0.15) is 29.5 Å². The molecule has 152 valence electrons. The highest BCUT2D eigenvalue weighted by atomic mass is 16.5. The second-order valence-electron chi connectivity index (χ2n) is 7.83. The van der Waals surface area contributed by atoms with Crippen LogP contribution in [0.5, 0.6) is 0 Å². The minimum absolute atomic E-state index is 0.0911. The molecule has 3 amide bonds. The summed E-state index contributed by atoms with van der Waals surface area (Å²) in [5.74, 6) is -0.0911. The van der Waals surface area contributed by atoms with Gasteiger partial charge in [0.25, 0.3) is 0 Å². The van der Waals surface area contributed by atoms with Crippen LogP contribution >= 0.6 is 0 Å². The molecule has 1 atom stereocenters. The first-order valence-electron chi connectivity index (χ1n) is 10.2. The van der Waals surface area contributed by atoms with Crippen molar-refractivity contribution in [1.29, 1.82) is 0 Å². The number of amides is 3. The Bertz CT molecular complexity index is 876. The Labute approximate surface area is 171 Å². The van der Waals surface area contributed by atoms with E-state index < -0.39 is 12.1 Å². The minimum Gasteiger partial charge on any atom is -0.370 e. The van der Waals surface area contributed by atoms with E-state index in [1.165, 1.54) is 11.1 Å². The number of fused-ring (bicyclic) bond motifs is 2. The van der Waals surface area contributed by atoms with Crippen LogP contribution in [-0.4, -0.2) is 42.6 Å². The van der Waals surface area contributed by atoms with Crippen molar-refractivity contribution >= 4 is 11.9 Å². The summed E-state index contributed by atoms with van der Waals surface area (Å²) in [5.41, 5.74) is 8.62. The maximum Gasteiger partial charge on any atom is 0.312 e. The average Bonchev–Trinajstić information content (AvgIpc) is 2.74. The van der Waals surface area contributed by atoms with Crippen LogP contribution in [0.2, 0.25) is 0 Å². The topological polar surface area (TPSA) is 84.7 Å². The molecule has 0 bridgehead atoms. The predicted octanol–water partition coefficient (Wildman–Crippen LogP) is 2.36. The van der Waals surface area contributed by atoms with Gasteiger partial charge in [-0.2, -0.15) is 0 Å². The molecule has 0 aliphatic carbocycles. The lowest BCUT2D eigenvalue weighted by Crippen LogP contribution is -2.55. The summed E-state index contributed by atoms with van der Waals surface area (Å²) in [6, 6.07) is 16.8. The monoisotopic (exact) mass is 393 g/mol. The first-order valence-corrected chi connectivity index (χ1v) is 10.2. The lowest BCUT2D eigenvalue weighted by atomic mass is 9.79. The van der Waals surface area contributed by atoms with Crippen LogP contribution < -0.4 is 11.1 Å². The molecular weight excluding hydrogens is 366 g/mol. The Balaban J connectivity index is 1.47. The Morgan fingerprint density at radius 2 is 1.76 bits per heavy atom. The van der Waals surface area contributed by atoms with E-state index in [2.05, 4.69) is 29.6 Å². The number of hydrogen-bond acceptors (Lipinski definition) is 3. The molecule has 0 aromatic heterocycles. The fourth-order valence-corrected chi connectivity index (χ4v) is 4.56. The number of nitrogens with zero attached hydrogens (tertiary/aromatic N) is 1. The van der Waals surface area contributed by atoms with Crippen molar-refractivity contribution in [1.82, 2.24) is 10.2 Å². The van der Waals surface area contributed by atoms with Gasteiger partial charge in [0, 0.05) is 19.5 Å². The van der Waals surface area contributed by atoms with Gasteiger partial charge in [-0.25, -0.2) is 4.79 Å². The molecule has 2 aliphatic rings. The van der Waals surface area contributed by atoms with Gasteiger partial charge in [-0.1, -0.05) is 54.6 Å². The van der Waals surface area contributed by atoms with E-state index in [9.17, 15) is 9.59 Å². The van der Waals surface area contributed by atoms with Crippen LogP contribution in [0.3, 0.4) is 0 Å². The molecule has 2 heterocycles. The molecule has 2 aromatic rings. The van der Waals surface area contributed by atoms with Crippen LogP contribution in [0.4, 0.5) is 4.79 Å². The smallest absolute Gasteiger partial charge is 0.312 e. The molecule has 2 aromatic carbocycles. The molecule has 29 heavy (non-hydrogen) atoms. The van der Waals surface area contributed by atoms with E-state index in [0.29, 0.717) is 26.1 Å². The van der Waals surface area contributed by atoms with Gasteiger partial charge in [-0.15, -0.1) is 0 Å². The predicted molar refractivity (Wildman–Crippen MR) is 110 cm³/mol. The molecular formula is C23H27N3O3. The highest BCUT2D eigenvalue weighted by Crippen LogP contribution is 2.41. The zero-order valence-electron chi connectivity index (χ0n) is 16.5. The fraction of sp³-hybridized carbons (Fsp3) is 0.391. The zero-order valence-corrected chi connectivity index (χ0v) is 16.5. The highest BCUT2D eigenvalue weighted by Gasteiger charge is 2.42. The molecule has 0 radical (unpaired) electrons. The summed E-state index contributed by atoms with van der Waals surface area (Å²) in [7, 11) is 0. The maximum atomic E-state index is 13.2. The fourth-order valence-electron chi connectivity index (χ4n) is 4.56. The number of carbonyl (C=O) groups is 2. The molecule has 1 spiro atoms. The number of hydrogen-bond donors (Lipinski definition) is 2. The van der Waals surface area contributed by atoms with E-state index in [-0.39, 0.29) is 11.5 Å². The molecule has 1 unspecified atom stereocenters. The molecule has 1 fully saturated rings. The first kappa shape index (κ1) is 19.5. The number of benzene rings is 2. The van der Waals surface area contributed by atoms with Crippen LogP contribution in [0.25, 0.3) is 0 Å². The summed E-state index contributed by atoms with van der Waals surface area (Å²) in [6.45, 7) is 1.91. The summed E-state index contributed by atoms with van der Waals surface area (Å²) < 4.78 is 6.25. The van der Waals surface area contributed by atoms with Crippen molar-refractivity contribution in [3.05, 3.63) is 71.3 Å². The van der Waals surface area contributed by atoms with Crippen molar-refractivity contribution < 1.29 is 14.3 Å². The Morgan fingerprint density at radius 1 is 1.07 bits per heavy atom. The highest BCUT2D eigenvalue weighted by molar-refractivity contribution is 5.87. The minimum atomic E-state index is -0.683. The number of piperidine rings is 1. The SMILES string of the molecule is NC(=O)NC(Cc1ccccc1)C(=O)N1CCC2(CC1)OCCc1ccccc12. The Kier molecular flexibility index (Phi) is 5.53. The molecule has 6 nitrogen and oxygen atoms in total. The number of primary amides is 1. The number of likely N-dealkylation sites (tertiary alicyclic amines) is 1. The number of carbonyl (C=O) groups excluding carboxylic acids is 2. The van der Waals surface area contributed by atoms with Crippen molar-refractivity contribution in [2.45, 2.75) is 37.3 Å². The Morgan fingerprint density at radius 3 is 2.48 bits per heavy atom. The van der Waals surface area contributed by atoms with Crippen molar-refractivity contribution in [3.8, 4) is 0 Å². The quantitative estimate of drug-likeness (QED) is 0.836. The molecule has 1 saturated heterocycles. The second-order valence-corrected chi connectivity index (χ2v) is 7.83. The molecule has 2 aliphatic heterocycles. The maximum absolute atomic E-state index is 13.2. The van der Waals surface area contributed by atoms with Gasteiger partial charge in [-0.3, -0.25) is 4.79 Å². The zero-order chi connectivity index (χ0) is 20.3. The number of nitrogens with two attached hydrogens (primary N) is 1. The van der Waals surface area contributed by atoms with Crippen LogP contribution in [0.15, 0.2) is 54.6 Å². The number of rotatable bonds is 4. The molecule has 6 heteroatoms. The van der Waals surface area contributed by atoms with E-state index in [1.807, 2.05) is 35.2 Å². The van der Waals surface area contributed by atoms with Crippen molar-refractivity contribution in [2.75, 3.05) is 19.7 Å². The van der Waals surface area contributed by atoms with Gasteiger partial charge in [0.05, 0.1) is 12.2 Å². The van der Waals surface area contributed by atoms with Crippen molar-refractivity contribution in [3.63, 3.8) is 0 Å². The summed E-state index contributed by atoms with van der Waals surface area (Å²) >= 11 is 0. The summed E-state index contributed by atoms with van der Waals surface area (Å²) in [5, 5.41) is 2.63. The molecule has 4 rings (SSSR count). The third-order valence-electron chi connectivity index (χ3n) is 6.04. The average molecular weight is 393 g/mol. The van der Waals surface area contributed by atoms with Gasteiger partial charge in [0.2, 0.25) is 5.91 Å². The Hall–Kier alpha value is -2.86. The van der Waals surface area contributed by atoms with E-state index in [0.717, 1.165) is 24.8 Å². The lowest BCUT2D eigenvalue weighted by Gasteiger charge is -2.45. The standard InChI is InChI=1S/C23H27N3O3/c24-22(28)25-20(16-17-6-2-1-3-7-17)21(27)26-13-11-23(12-14-26)19-9-5-4-8-18(19)10-15-29-23/h1-9,20H,10-16H2,(H3,24,25,28). The normalized spacial score (nSPS) is 18.7. The van der Waals surface area contributed by atoms with E-state index in [4.69, 9.17) is 10.5 Å². The third-order valence-corrected chi connectivity index (χ3v) is 6.04. The van der Waals surface area contributed by atoms with Gasteiger partial charge in [0.15, 0.2) is 0 Å². The van der Waals surface area contributed by atoms with Crippen LogP contribution in [-0.2, 0) is 28.0 Å².